The zero-order chi connectivity index (χ0) is 30.3. The van der Waals surface area contributed by atoms with Crippen molar-refractivity contribution in [3.05, 3.63) is 77.5 Å². The van der Waals surface area contributed by atoms with Crippen molar-refractivity contribution in [3.8, 4) is 11.5 Å². The van der Waals surface area contributed by atoms with Gasteiger partial charge in [-0.1, -0.05) is 30.3 Å². The summed E-state index contributed by atoms with van der Waals surface area (Å²) in [6.07, 6.45) is 1.46. The number of carbonyl (C=O) groups is 4. The number of aromatic nitrogens is 1. The van der Waals surface area contributed by atoms with Gasteiger partial charge in [-0.05, 0) is 49.9 Å². The fourth-order valence-electron chi connectivity index (χ4n) is 4.84. The molecule has 2 aliphatic heterocycles. The average molecular weight is 592 g/mol. The minimum Gasteiger partial charge on any atom is -0.454 e. The number of amides is 4. The Morgan fingerprint density at radius 2 is 1.84 bits per heavy atom. The van der Waals surface area contributed by atoms with Gasteiger partial charge in [0.05, 0.1) is 6.10 Å². The lowest BCUT2D eigenvalue weighted by molar-refractivity contribution is -0.125. The number of fused-ring (bicyclic) bond motifs is 3. The Bertz CT molecular complexity index is 1470. The van der Waals surface area contributed by atoms with Gasteiger partial charge in [0.15, 0.2) is 17.2 Å². The van der Waals surface area contributed by atoms with E-state index in [9.17, 15) is 24.3 Å². The van der Waals surface area contributed by atoms with Gasteiger partial charge in [-0.25, -0.2) is 4.98 Å². The highest BCUT2D eigenvalue weighted by molar-refractivity contribution is 5.98. The summed E-state index contributed by atoms with van der Waals surface area (Å²) in [5.74, 6) is -1.20. The summed E-state index contributed by atoms with van der Waals surface area (Å²) in [6, 6.07) is 11.2. The van der Waals surface area contributed by atoms with Gasteiger partial charge in [0.2, 0.25) is 24.5 Å². The van der Waals surface area contributed by atoms with Crippen LogP contribution >= 0.6 is 0 Å². The Balaban J connectivity index is 1.42. The van der Waals surface area contributed by atoms with Crippen LogP contribution in [0.2, 0.25) is 0 Å². The molecule has 3 aromatic rings. The van der Waals surface area contributed by atoms with Crippen molar-refractivity contribution >= 4 is 23.6 Å². The molecule has 0 spiro atoms. The number of oxazole rings is 1. The van der Waals surface area contributed by atoms with E-state index in [0.29, 0.717) is 29.9 Å². The summed E-state index contributed by atoms with van der Waals surface area (Å²) in [6.45, 7) is 1.69. The molecule has 2 bridgehead atoms. The smallest absolute Gasteiger partial charge is 0.273 e. The van der Waals surface area contributed by atoms with Gasteiger partial charge in [-0.2, -0.15) is 0 Å². The third-order valence-electron chi connectivity index (χ3n) is 7.18. The number of benzene rings is 2. The van der Waals surface area contributed by atoms with Crippen LogP contribution in [-0.4, -0.2) is 65.2 Å². The van der Waals surface area contributed by atoms with Gasteiger partial charge in [0.25, 0.3) is 11.8 Å². The van der Waals surface area contributed by atoms with Crippen molar-refractivity contribution in [2.45, 2.75) is 56.8 Å². The molecule has 13 heteroatoms. The van der Waals surface area contributed by atoms with Crippen LogP contribution in [0.25, 0.3) is 0 Å². The van der Waals surface area contributed by atoms with E-state index in [2.05, 4.69) is 26.3 Å². The van der Waals surface area contributed by atoms with Gasteiger partial charge in [-0.3, -0.25) is 19.2 Å². The molecule has 4 atom stereocenters. The molecular weight excluding hydrogens is 558 g/mol. The lowest BCUT2D eigenvalue weighted by Crippen LogP contribution is -2.52. The van der Waals surface area contributed by atoms with E-state index < -0.39 is 47.9 Å². The Kier molecular flexibility index (Phi) is 9.20. The predicted octanol–water partition coefficient (Wildman–Crippen LogP) is 1.38. The van der Waals surface area contributed by atoms with E-state index in [-0.39, 0.29) is 37.8 Å². The third kappa shape index (κ3) is 7.30. The first-order valence-corrected chi connectivity index (χ1v) is 14.1. The molecular formula is C30H33N5O8. The second-order valence-electron chi connectivity index (χ2n) is 10.4. The molecule has 3 heterocycles. The van der Waals surface area contributed by atoms with Crippen molar-refractivity contribution in [1.82, 2.24) is 26.3 Å². The predicted molar refractivity (Wildman–Crippen MR) is 151 cm³/mol. The van der Waals surface area contributed by atoms with Crippen LogP contribution < -0.4 is 30.7 Å². The summed E-state index contributed by atoms with van der Waals surface area (Å²) in [5.41, 5.74) is 1.04. The number of nitrogens with zero attached hydrogens (tertiary/aromatic N) is 1. The molecule has 0 fully saturated rings. The molecule has 13 nitrogen and oxygen atoms in total. The highest BCUT2D eigenvalue weighted by Gasteiger charge is 2.31. The third-order valence-corrected chi connectivity index (χ3v) is 7.18. The largest absolute Gasteiger partial charge is 0.454 e. The number of aliphatic hydroxyl groups excluding tert-OH is 1. The molecule has 43 heavy (non-hydrogen) atoms. The van der Waals surface area contributed by atoms with Crippen LogP contribution in [0.4, 0.5) is 0 Å². The maximum absolute atomic E-state index is 13.7. The van der Waals surface area contributed by atoms with E-state index in [1.807, 2.05) is 30.3 Å². The highest BCUT2D eigenvalue weighted by Crippen LogP contribution is 2.32. The molecule has 2 aromatic carbocycles. The fraction of sp³-hybridized carbons (Fsp3) is 0.367. The van der Waals surface area contributed by atoms with E-state index >= 15 is 0 Å². The normalized spacial score (nSPS) is 21.7. The number of nitrogens with one attached hydrogen (secondary N) is 4. The first-order valence-electron chi connectivity index (χ1n) is 14.1. The average Bonchev–Trinajstić information content (AvgIpc) is 3.68. The van der Waals surface area contributed by atoms with Gasteiger partial charge in [0, 0.05) is 18.5 Å². The van der Waals surface area contributed by atoms with Crippen molar-refractivity contribution in [1.29, 1.82) is 0 Å². The summed E-state index contributed by atoms with van der Waals surface area (Å²) < 4.78 is 16.3. The number of hydrogen-bond acceptors (Lipinski definition) is 9. The molecule has 4 amide bonds. The number of ether oxygens (including phenoxy) is 2. The lowest BCUT2D eigenvalue weighted by Gasteiger charge is -2.23. The number of aliphatic hydroxyl groups is 1. The standard InChI is InChI=1S/C30H33N5O8/c1-17(36)25-29(40)31-12-6-5-9-20(32-26(37)19-10-11-23-24(14-19)43-16-42-23)27(38)33-21(13-18-7-3-2-4-8-18)30-34-22(15-41-30)28(39)35-25/h2-4,7-8,10-11,14-15,17,20-21,25,36H,5-6,9,12-13,16H2,1H3,(H,31,40)(H,32,37)(H,33,38)(H,35,39)/t17-,20+,21+,25+/m1/s1. The highest BCUT2D eigenvalue weighted by atomic mass is 16.7. The molecule has 0 aliphatic carbocycles. The second-order valence-corrected chi connectivity index (χ2v) is 10.4. The van der Waals surface area contributed by atoms with Crippen LogP contribution in [0.1, 0.15) is 64.5 Å². The molecule has 226 valence electrons. The molecule has 0 radical (unpaired) electrons. The molecule has 2 aliphatic rings. The molecule has 0 saturated heterocycles. The summed E-state index contributed by atoms with van der Waals surface area (Å²) >= 11 is 0. The Labute approximate surface area is 247 Å². The first kappa shape index (κ1) is 29.6. The number of rotatable bonds is 5. The molecule has 5 rings (SSSR count). The molecule has 5 N–H and O–H groups in total. The van der Waals surface area contributed by atoms with E-state index in [4.69, 9.17) is 13.9 Å². The summed E-state index contributed by atoms with van der Waals surface area (Å²) in [4.78, 5) is 56.9. The Morgan fingerprint density at radius 1 is 1.05 bits per heavy atom. The zero-order valence-electron chi connectivity index (χ0n) is 23.5. The van der Waals surface area contributed by atoms with Crippen molar-refractivity contribution in [2.75, 3.05) is 13.3 Å². The van der Waals surface area contributed by atoms with Crippen LogP contribution in [-0.2, 0) is 16.0 Å². The zero-order valence-corrected chi connectivity index (χ0v) is 23.5. The van der Waals surface area contributed by atoms with Crippen LogP contribution in [0.3, 0.4) is 0 Å². The number of carbonyl (C=O) groups excluding carboxylic acids is 4. The SMILES string of the molecule is C[C@@H](O)[C@@H]1NC(=O)c2coc(n2)[C@H](Cc2ccccc2)NC(=O)[C@@H](NC(=O)c2ccc3c(c2)OCO3)CCCCNC1=O. The Morgan fingerprint density at radius 3 is 2.63 bits per heavy atom. The summed E-state index contributed by atoms with van der Waals surface area (Å²) in [5, 5.41) is 21.1. The minimum atomic E-state index is -1.21. The number of hydrogen-bond donors (Lipinski definition) is 5. The van der Waals surface area contributed by atoms with Crippen LogP contribution in [0.5, 0.6) is 11.5 Å². The van der Waals surface area contributed by atoms with E-state index in [1.165, 1.54) is 6.92 Å². The van der Waals surface area contributed by atoms with Crippen LogP contribution in [0.15, 0.2) is 59.2 Å². The monoisotopic (exact) mass is 591 g/mol. The maximum Gasteiger partial charge on any atom is 0.273 e. The fourth-order valence-corrected chi connectivity index (χ4v) is 4.84. The van der Waals surface area contributed by atoms with Gasteiger partial charge >= 0.3 is 0 Å². The van der Waals surface area contributed by atoms with E-state index in [1.54, 1.807) is 18.2 Å². The molecule has 0 unspecified atom stereocenters. The summed E-state index contributed by atoms with van der Waals surface area (Å²) in [7, 11) is 0. The quantitative estimate of drug-likeness (QED) is 0.293. The first-order chi connectivity index (χ1) is 20.8. The van der Waals surface area contributed by atoms with Crippen molar-refractivity contribution in [2.24, 2.45) is 0 Å². The maximum atomic E-state index is 13.7. The van der Waals surface area contributed by atoms with Crippen LogP contribution in [0, 0.1) is 0 Å². The van der Waals surface area contributed by atoms with Gasteiger partial charge < -0.3 is 40.3 Å². The van der Waals surface area contributed by atoms with Crippen molar-refractivity contribution in [3.63, 3.8) is 0 Å². The van der Waals surface area contributed by atoms with E-state index in [0.717, 1.165) is 11.8 Å². The lowest BCUT2D eigenvalue weighted by atomic mass is 10.0. The Hall–Kier alpha value is -4.91. The van der Waals surface area contributed by atoms with Gasteiger partial charge in [-0.15, -0.1) is 0 Å². The van der Waals surface area contributed by atoms with Gasteiger partial charge in [0.1, 0.15) is 24.4 Å². The second kappa shape index (κ2) is 13.4. The topological polar surface area (TPSA) is 181 Å². The molecule has 0 saturated carbocycles. The van der Waals surface area contributed by atoms with Crippen molar-refractivity contribution < 1.29 is 38.2 Å². The minimum absolute atomic E-state index is 0.0624. The molecule has 1 aromatic heterocycles.